The lowest BCUT2D eigenvalue weighted by Gasteiger charge is -2.31. The van der Waals surface area contributed by atoms with E-state index in [1.807, 2.05) is 12.1 Å². The van der Waals surface area contributed by atoms with Gasteiger partial charge in [0, 0.05) is 5.56 Å². The summed E-state index contributed by atoms with van der Waals surface area (Å²) in [4.78, 5) is 0. The van der Waals surface area contributed by atoms with Crippen LogP contribution in [0.5, 0.6) is 0 Å². The quantitative estimate of drug-likeness (QED) is 0.589. The summed E-state index contributed by atoms with van der Waals surface area (Å²) in [7, 11) is 0. The molecule has 1 saturated carbocycles. The summed E-state index contributed by atoms with van der Waals surface area (Å²) in [6, 6.07) is 5.29. The molecule has 1 aromatic carbocycles. The van der Waals surface area contributed by atoms with Gasteiger partial charge in [-0.05, 0) is 54.7 Å². The molecule has 1 atom stereocenters. The molecule has 0 aliphatic heterocycles. The van der Waals surface area contributed by atoms with Crippen LogP contribution < -0.4 is 0 Å². The highest BCUT2D eigenvalue weighted by Crippen LogP contribution is 2.42. The van der Waals surface area contributed by atoms with E-state index in [1.54, 1.807) is 6.08 Å². The Morgan fingerprint density at radius 2 is 1.84 bits per heavy atom. The number of aliphatic hydroxyl groups excluding tert-OH is 1. The molecule has 3 rings (SSSR count). The fourth-order valence-corrected chi connectivity index (χ4v) is 4.40. The van der Waals surface area contributed by atoms with Gasteiger partial charge in [-0.2, -0.15) is 8.78 Å². The Morgan fingerprint density at radius 3 is 2.56 bits per heavy atom. The summed E-state index contributed by atoms with van der Waals surface area (Å²) >= 11 is 0. The second kappa shape index (κ2) is 7.99. The van der Waals surface area contributed by atoms with Gasteiger partial charge in [0.25, 0.3) is 0 Å². The fourth-order valence-electron chi connectivity index (χ4n) is 4.40. The van der Waals surface area contributed by atoms with E-state index >= 15 is 0 Å². The van der Waals surface area contributed by atoms with Crippen LogP contribution in [0.1, 0.15) is 87.3 Å². The van der Waals surface area contributed by atoms with Crippen molar-refractivity contribution in [2.45, 2.75) is 82.7 Å². The predicted molar refractivity (Wildman–Crippen MR) is 98.8 cm³/mol. The maximum atomic E-state index is 14.1. The predicted octanol–water partition coefficient (Wildman–Crippen LogP) is 6.41. The maximum Gasteiger partial charge on any atom is 0.302 e. The van der Waals surface area contributed by atoms with Crippen molar-refractivity contribution in [1.29, 1.82) is 0 Å². The van der Waals surface area contributed by atoms with E-state index in [1.165, 1.54) is 75.5 Å². The highest BCUT2D eigenvalue weighted by atomic mass is 19.3. The van der Waals surface area contributed by atoms with Crippen LogP contribution in [0.4, 0.5) is 8.78 Å². The first kappa shape index (κ1) is 18.6. The first-order valence-corrected chi connectivity index (χ1v) is 9.91. The molecule has 25 heavy (non-hydrogen) atoms. The standard InChI is InChI=1S/C22H30F2O/c1-2-3-4-5-6-16-7-9-17(10-8-16)18-11-13-20-19(15-18)12-14-21(25)22(20,23)24/h11-17,21,25H,2-10H2,1H3. The monoisotopic (exact) mass is 348 g/mol. The molecule has 0 radical (unpaired) electrons. The number of fused-ring (bicyclic) bond motifs is 1. The van der Waals surface area contributed by atoms with E-state index in [4.69, 9.17) is 0 Å². The minimum absolute atomic E-state index is 0.0455. The van der Waals surface area contributed by atoms with Crippen molar-refractivity contribution in [2.24, 2.45) is 5.92 Å². The van der Waals surface area contributed by atoms with Crippen molar-refractivity contribution < 1.29 is 13.9 Å². The smallest absolute Gasteiger partial charge is 0.302 e. The first-order chi connectivity index (χ1) is 12.0. The van der Waals surface area contributed by atoms with E-state index in [-0.39, 0.29) is 5.56 Å². The van der Waals surface area contributed by atoms with Gasteiger partial charge in [-0.25, -0.2) is 0 Å². The van der Waals surface area contributed by atoms with Gasteiger partial charge in [-0.3, -0.25) is 0 Å². The molecule has 3 heteroatoms. The molecule has 0 amide bonds. The van der Waals surface area contributed by atoms with E-state index in [9.17, 15) is 13.9 Å². The maximum absolute atomic E-state index is 14.1. The Balaban J connectivity index is 1.59. The minimum atomic E-state index is -3.18. The van der Waals surface area contributed by atoms with Crippen LogP contribution in [0.3, 0.4) is 0 Å². The van der Waals surface area contributed by atoms with Crippen molar-refractivity contribution in [3.8, 4) is 0 Å². The van der Waals surface area contributed by atoms with Crippen molar-refractivity contribution in [2.75, 3.05) is 0 Å². The van der Waals surface area contributed by atoms with Gasteiger partial charge in [-0.15, -0.1) is 0 Å². The van der Waals surface area contributed by atoms with Crippen LogP contribution in [0, 0.1) is 5.92 Å². The number of benzene rings is 1. The zero-order valence-electron chi connectivity index (χ0n) is 15.2. The van der Waals surface area contributed by atoms with Gasteiger partial charge in [0.2, 0.25) is 0 Å². The third kappa shape index (κ3) is 4.13. The van der Waals surface area contributed by atoms with E-state index < -0.39 is 12.0 Å². The molecule has 0 heterocycles. The minimum Gasteiger partial charge on any atom is -0.382 e. The normalized spacial score (nSPS) is 27.9. The molecule has 0 saturated heterocycles. The van der Waals surface area contributed by atoms with Gasteiger partial charge < -0.3 is 5.11 Å². The van der Waals surface area contributed by atoms with Crippen molar-refractivity contribution in [1.82, 2.24) is 0 Å². The van der Waals surface area contributed by atoms with Gasteiger partial charge in [0.05, 0.1) is 0 Å². The zero-order valence-corrected chi connectivity index (χ0v) is 15.2. The number of alkyl halides is 2. The lowest BCUT2D eigenvalue weighted by atomic mass is 9.76. The van der Waals surface area contributed by atoms with E-state index in [2.05, 4.69) is 6.92 Å². The largest absolute Gasteiger partial charge is 0.382 e. The fraction of sp³-hybridized carbons (Fsp3) is 0.636. The average molecular weight is 348 g/mol. The molecule has 1 aromatic rings. The van der Waals surface area contributed by atoms with Crippen molar-refractivity contribution in [3.63, 3.8) is 0 Å². The summed E-state index contributed by atoms with van der Waals surface area (Å²) in [6.07, 6.45) is 12.7. The van der Waals surface area contributed by atoms with Crippen molar-refractivity contribution in [3.05, 3.63) is 41.0 Å². The molecule has 0 aromatic heterocycles. The lowest BCUT2D eigenvalue weighted by Crippen LogP contribution is -2.32. The molecule has 138 valence electrons. The van der Waals surface area contributed by atoms with Gasteiger partial charge in [-0.1, -0.05) is 63.3 Å². The topological polar surface area (TPSA) is 20.2 Å². The molecule has 1 fully saturated rings. The van der Waals surface area contributed by atoms with Crippen LogP contribution in [-0.2, 0) is 5.92 Å². The molecular weight excluding hydrogens is 318 g/mol. The van der Waals surface area contributed by atoms with Crippen molar-refractivity contribution >= 4 is 6.08 Å². The Kier molecular flexibility index (Phi) is 5.93. The van der Waals surface area contributed by atoms with Gasteiger partial charge in [0.15, 0.2) is 0 Å². The van der Waals surface area contributed by atoms with Gasteiger partial charge in [0.1, 0.15) is 6.10 Å². The number of hydrogen-bond donors (Lipinski definition) is 1. The number of rotatable bonds is 6. The number of hydrogen-bond acceptors (Lipinski definition) is 1. The summed E-state index contributed by atoms with van der Waals surface area (Å²) < 4.78 is 28.2. The third-order valence-electron chi connectivity index (χ3n) is 6.05. The summed E-state index contributed by atoms with van der Waals surface area (Å²) in [6.45, 7) is 2.25. The molecule has 2 aliphatic carbocycles. The lowest BCUT2D eigenvalue weighted by molar-refractivity contribution is -0.0940. The second-order valence-electron chi connectivity index (χ2n) is 7.84. The highest BCUT2D eigenvalue weighted by molar-refractivity contribution is 5.60. The Bertz CT molecular complexity index is 600. The van der Waals surface area contributed by atoms with Crippen LogP contribution in [0.2, 0.25) is 0 Å². The molecular formula is C22H30F2O. The molecule has 1 N–H and O–H groups in total. The van der Waals surface area contributed by atoms with E-state index in [0.717, 1.165) is 5.92 Å². The summed E-state index contributed by atoms with van der Waals surface area (Å²) in [5, 5.41) is 9.50. The van der Waals surface area contributed by atoms with E-state index in [0.29, 0.717) is 11.5 Å². The second-order valence-corrected chi connectivity index (χ2v) is 7.84. The highest BCUT2D eigenvalue weighted by Gasteiger charge is 2.42. The Labute approximate surface area is 150 Å². The molecule has 1 nitrogen and oxygen atoms in total. The Hall–Kier alpha value is -1.22. The Morgan fingerprint density at radius 1 is 1.08 bits per heavy atom. The number of halogens is 2. The molecule has 0 bridgehead atoms. The summed E-state index contributed by atoms with van der Waals surface area (Å²) in [5.41, 5.74) is 1.70. The SMILES string of the molecule is CCCCCCC1CCC(c2ccc3c(c2)C=CC(O)C3(F)F)CC1. The molecule has 1 unspecified atom stereocenters. The van der Waals surface area contributed by atoms with Crippen LogP contribution >= 0.6 is 0 Å². The molecule has 2 aliphatic rings. The zero-order chi connectivity index (χ0) is 17.9. The molecule has 0 spiro atoms. The summed E-state index contributed by atoms with van der Waals surface area (Å²) in [5.74, 6) is -1.84. The van der Waals surface area contributed by atoms with Crippen LogP contribution in [-0.4, -0.2) is 11.2 Å². The number of aliphatic hydroxyl groups is 1. The van der Waals surface area contributed by atoms with Crippen LogP contribution in [0.25, 0.3) is 6.08 Å². The third-order valence-corrected chi connectivity index (χ3v) is 6.05. The average Bonchev–Trinajstić information content (AvgIpc) is 2.62. The first-order valence-electron chi connectivity index (χ1n) is 9.91. The van der Waals surface area contributed by atoms with Crippen LogP contribution in [0.15, 0.2) is 24.3 Å². The van der Waals surface area contributed by atoms with Gasteiger partial charge >= 0.3 is 5.92 Å². The number of unbranched alkanes of at least 4 members (excludes halogenated alkanes) is 3.